The number of amides is 1. The second kappa shape index (κ2) is 5.40. The van der Waals surface area contributed by atoms with E-state index in [0.29, 0.717) is 18.4 Å². The number of hydrogen-bond acceptors (Lipinski definition) is 2. The van der Waals surface area contributed by atoms with Gasteiger partial charge in [0.1, 0.15) is 5.82 Å². The summed E-state index contributed by atoms with van der Waals surface area (Å²) in [6, 6.07) is 5.46. The first-order chi connectivity index (χ1) is 9.36. The number of likely N-dealkylation sites (tertiary alicyclic amines) is 1. The highest BCUT2D eigenvalue weighted by molar-refractivity contribution is 5.67. The third kappa shape index (κ3) is 2.63. The van der Waals surface area contributed by atoms with Crippen LogP contribution in [0.4, 0.5) is 9.18 Å². The van der Waals surface area contributed by atoms with Gasteiger partial charge in [-0.15, -0.1) is 0 Å². The fourth-order valence-electron chi connectivity index (χ4n) is 2.99. The van der Waals surface area contributed by atoms with Crippen LogP contribution < -0.4 is 0 Å². The highest BCUT2D eigenvalue weighted by Gasteiger charge is 2.45. The van der Waals surface area contributed by atoms with E-state index in [1.807, 2.05) is 13.8 Å². The van der Waals surface area contributed by atoms with Crippen molar-refractivity contribution in [3.63, 3.8) is 0 Å². The average Bonchev–Trinajstić information content (AvgIpc) is 2.84. The molecule has 1 aliphatic rings. The van der Waals surface area contributed by atoms with Gasteiger partial charge in [-0.25, -0.2) is 9.18 Å². The van der Waals surface area contributed by atoms with Crippen molar-refractivity contribution >= 4 is 6.09 Å². The maximum Gasteiger partial charge on any atom is 0.408 e. The summed E-state index contributed by atoms with van der Waals surface area (Å²) in [7, 11) is 0. The van der Waals surface area contributed by atoms with Gasteiger partial charge in [0.05, 0.1) is 12.6 Å². The summed E-state index contributed by atoms with van der Waals surface area (Å²) in [6.45, 7) is 3.61. The first kappa shape index (κ1) is 14.8. The number of hydrogen-bond donors (Lipinski definition) is 2. The van der Waals surface area contributed by atoms with Gasteiger partial charge < -0.3 is 10.2 Å². The molecule has 110 valence electrons. The number of aliphatic hydroxyl groups excluding tert-OH is 1. The molecule has 0 saturated carbocycles. The van der Waals surface area contributed by atoms with E-state index in [9.17, 15) is 19.4 Å². The Morgan fingerprint density at radius 2 is 2.15 bits per heavy atom. The van der Waals surface area contributed by atoms with Crippen LogP contribution in [0.1, 0.15) is 38.3 Å². The van der Waals surface area contributed by atoms with Crippen molar-refractivity contribution in [2.24, 2.45) is 5.41 Å². The highest BCUT2D eigenvalue weighted by atomic mass is 19.1. The van der Waals surface area contributed by atoms with Crippen molar-refractivity contribution in [3.05, 3.63) is 35.6 Å². The molecule has 4 nitrogen and oxygen atoms in total. The Morgan fingerprint density at radius 1 is 1.45 bits per heavy atom. The Morgan fingerprint density at radius 3 is 2.70 bits per heavy atom. The molecule has 5 heteroatoms. The Kier molecular flexibility index (Phi) is 3.99. The molecule has 20 heavy (non-hydrogen) atoms. The van der Waals surface area contributed by atoms with Gasteiger partial charge in [0.15, 0.2) is 0 Å². The smallest absolute Gasteiger partial charge is 0.408 e. The second-order valence-corrected chi connectivity index (χ2v) is 6.00. The van der Waals surface area contributed by atoms with E-state index in [1.54, 1.807) is 12.1 Å². The van der Waals surface area contributed by atoms with Crippen molar-refractivity contribution in [3.8, 4) is 0 Å². The third-order valence-electron chi connectivity index (χ3n) is 4.15. The molecule has 1 amide bonds. The molecule has 1 aliphatic heterocycles. The van der Waals surface area contributed by atoms with Gasteiger partial charge in [-0.05, 0) is 30.5 Å². The Balaban J connectivity index is 2.34. The summed E-state index contributed by atoms with van der Waals surface area (Å²) >= 11 is 0. The van der Waals surface area contributed by atoms with Crippen LogP contribution in [0.5, 0.6) is 0 Å². The molecular formula is C15H20FNO3. The minimum absolute atomic E-state index is 0.0860. The predicted molar refractivity (Wildman–Crippen MR) is 72.9 cm³/mol. The molecule has 0 aliphatic carbocycles. The van der Waals surface area contributed by atoms with Gasteiger partial charge in [0, 0.05) is 11.5 Å². The quantitative estimate of drug-likeness (QED) is 0.895. The number of benzene rings is 1. The van der Waals surface area contributed by atoms with Crippen LogP contribution in [0.15, 0.2) is 24.3 Å². The van der Waals surface area contributed by atoms with E-state index < -0.39 is 11.5 Å². The van der Waals surface area contributed by atoms with Crippen molar-refractivity contribution in [2.45, 2.75) is 38.8 Å². The van der Waals surface area contributed by atoms with Crippen LogP contribution in [0.2, 0.25) is 0 Å². The van der Waals surface area contributed by atoms with Crippen LogP contribution in [0, 0.1) is 11.2 Å². The lowest BCUT2D eigenvalue weighted by molar-refractivity contribution is 0.0466. The predicted octanol–water partition coefficient (Wildman–Crippen LogP) is 3.03. The molecule has 0 bridgehead atoms. The van der Waals surface area contributed by atoms with E-state index in [-0.39, 0.29) is 24.5 Å². The van der Waals surface area contributed by atoms with Gasteiger partial charge in [0.2, 0.25) is 0 Å². The number of carbonyl (C=O) groups is 1. The van der Waals surface area contributed by atoms with Crippen molar-refractivity contribution in [1.82, 2.24) is 4.90 Å². The third-order valence-corrected chi connectivity index (χ3v) is 4.15. The Hall–Kier alpha value is -1.62. The highest BCUT2D eigenvalue weighted by Crippen LogP contribution is 2.43. The van der Waals surface area contributed by atoms with Crippen LogP contribution >= 0.6 is 0 Å². The molecule has 0 aromatic heterocycles. The van der Waals surface area contributed by atoms with E-state index >= 15 is 0 Å². The van der Waals surface area contributed by atoms with Gasteiger partial charge >= 0.3 is 6.09 Å². The van der Waals surface area contributed by atoms with Crippen LogP contribution in [-0.4, -0.2) is 33.9 Å². The Labute approximate surface area is 117 Å². The number of rotatable bonds is 3. The van der Waals surface area contributed by atoms with Crippen molar-refractivity contribution in [1.29, 1.82) is 0 Å². The first-order valence-electron chi connectivity index (χ1n) is 6.74. The first-order valence-corrected chi connectivity index (χ1v) is 6.74. The van der Waals surface area contributed by atoms with E-state index in [0.717, 1.165) is 0 Å². The molecule has 0 radical (unpaired) electrons. The zero-order chi connectivity index (χ0) is 14.9. The Bertz CT molecular complexity index is 504. The number of nitrogens with zero attached hydrogens (tertiary/aromatic N) is 1. The second-order valence-electron chi connectivity index (χ2n) is 6.00. The topological polar surface area (TPSA) is 60.8 Å². The number of halogens is 1. The zero-order valence-electron chi connectivity index (χ0n) is 11.7. The molecule has 2 atom stereocenters. The minimum atomic E-state index is -1.02. The summed E-state index contributed by atoms with van der Waals surface area (Å²) in [5.41, 5.74) is 0.157. The zero-order valence-corrected chi connectivity index (χ0v) is 11.7. The summed E-state index contributed by atoms with van der Waals surface area (Å²) in [4.78, 5) is 13.0. The standard InChI is InChI=1S/C15H20FNO3/c1-15(2,9-18)13-7-6-12(17(13)14(19)20)10-4-3-5-11(16)8-10/h3-5,8,12-13,18H,6-7,9H2,1-2H3,(H,19,20)/t12-,13+/m0/s1. The monoisotopic (exact) mass is 281 g/mol. The molecule has 1 saturated heterocycles. The largest absolute Gasteiger partial charge is 0.465 e. The van der Waals surface area contributed by atoms with Crippen molar-refractivity contribution < 1.29 is 19.4 Å². The molecule has 1 aromatic rings. The van der Waals surface area contributed by atoms with Gasteiger partial charge in [-0.2, -0.15) is 0 Å². The molecule has 0 unspecified atom stereocenters. The molecule has 1 heterocycles. The molecule has 2 N–H and O–H groups in total. The van der Waals surface area contributed by atoms with Crippen LogP contribution in [0.25, 0.3) is 0 Å². The van der Waals surface area contributed by atoms with Gasteiger partial charge in [-0.1, -0.05) is 26.0 Å². The number of carboxylic acid groups (broad SMARTS) is 1. The van der Waals surface area contributed by atoms with Crippen LogP contribution in [-0.2, 0) is 0 Å². The molecular weight excluding hydrogens is 261 g/mol. The molecule has 0 spiro atoms. The molecule has 1 aromatic carbocycles. The fraction of sp³-hybridized carbons (Fsp3) is 0.533. The maximum absolute atomic E-state index is 13.3. The minimum Gasteiger partial charge on any atom is -0.465 e. The van der Waals surface area contributed by atoms with E-state index in [1.165, 1.54) is 17.0 Å². The van der Waals surface area contributed by atoms with E-state index in [2.05, 4.69) is 0 Å². The number of aliphatic hydroxyl groups is 1. The SMILES string of the molecule is CC(C)(CO)[C@H]1CC[C@@H](c2cccc(F)c2)N1C(=O)O. The summed E-state index contributed by atoms with van der Waals surface area (Å²) in [5.74, 6) is -0.363. The van der Waals surface area contributed by atoms with Gasteiger partial charge in [0.25, 0.3) is 0 Å². The average molecular weight is 281 g/mol. The molecule has 2 rings (SSSR count). The lowest BCUT2D eigenvalue weighted by Gasteiger charge is -2.37. The van der Waals surface area contributed by atoms with Gasteiger partial charge in [-0.3, -0.25) is 4.90 Å². The lowest BCUT2D eigenvalue weighted by atomic mass is 9.84. The van der Waals surface area contributed by atoms with Crippen LogP contribution in [0.3, 0.4) is 0 Å². The normalized spacial score (nSPS) is 23.1. The lowest BCUT2D eigenvalue weighted by Crippen LogP contribution is -2.46. The summed E-state index contributed by atoms with van der Waals surface area (Å²) < 4.78 is 13.3. The fourth-order valence-corrected chi connectivity index (χ4v) is 2.99. The summed E-state index contributed by atoms with van der Waals surface area (Å²) in [6.07, 6.45) is 0.286. The van der Waals surface area contributed by atoms with Crippen molar-refractivity contribution in [2.75, 3.05) is 6.61 Å². The van der Waals surface area contributed by atoms with E-state index in [4.69, 9.17) is 0 Å². The summed E-state index contributed by atoms with van der Waals surface area (Å²) in [5, 5.41) is 19.0. The molecule has 1 fully saturated rings. The maximum atomic E-state index is 13.3.